The number of nitrogens with zero attached hydrogens (tertiary/aromatic N) is 2. The zero-order valence-corrected chi connectivity index (χ0v) is 20.6. The fourth-order valence-corrected chi connectivity index (χ4v) is 4.01. The van der Waals surface area contributed by atoms with Crippen LogP contribution >= 0.6 is 11.3 Å². The number of hydrogen-bond acceptors (Lipinski definition) is 7. The van der Waals surface area contributed by atoms with Crippen molar-refractivity contribution < 1.29 is 14.3 Å². The summed E-state index contributed by atoms with van der Waals surface area (Å²) in [5.41, 5.74) is 6.58. The third kappa shape index (κ3) is 6.58. The van der Waals surface area contributed by atoms with Crippen molar-refractivity contribution in [2.75, 3.05) is 18.5 Å². The van der Waals surface area contributed by atoms with Crippen LogP contribution in [0, 0.1) is 0 Å². The highest BCUT2D eigenvalue weighted by atomic mass is 32.1. The van der Waals surface area contributed by atoms with Gasteiger partial charge >= 0.3 is 0 Å². The van der Waals surface area contributed by atoms with Crippen LogP contribution in [-0.2, 0) is 0 Å². The number of para-hydroxylation sites is 1. The van der Waals surface area contributed by atoms with Crippen LogP contribution in [-0.4, -0.2) is 30.3 Å². The van der Waals surface area contributed by atoms with Crippen molar-refractivity contribution in [3.8, 4) is 22.8 Å². The average molecular weight is 499 g/mol. The maximum absolute atomic E-state index is 12.5. The van der Waals surface area contributed by atoms with Crippen molar-refractivity contribution in [1.29, 1.82) is 0 Å². The van der Waals surface area contributed by atoms with Gasteiger partial charge < -0.3 is 14.8 Å². The van der Waals surface area contributed by atoms with Gasteiger partial charge in [0.25, 0.3) is 5.91 Å². The molecule has 0 saturated heterocycles. The second-order valence-corrected chi connectivity index (χ2v) is 8.40. The highest BCUT2D eigenvalue weighted by Crippen LogP contribution is 2.29. The average Bonchev–Trinajstić information content (AvgIpc) is 3.37. The summed E-state index contributed by atoms with van der Waals surface area (Å²) in [6.45, 7) is 6.44. The first-order valence-electron chi connectivity index (χ1n) is 11.4. The Balaban J connectivity index is 1.36. The monoisotopic (exact) mass is 498 g/mol. The van der Waals surface area contributed by atoms with E-state index in [9.17, 15) is 4.79 Å². The molecule has 0 bridgehead atoms. The number of benzene rings is 3. The molecule has 8 heteroatoms. The van der Waals surface area contributed by atoms with Gasteiger partial charge in [-0.1, -0.05) is 43.0 Å². The van der Waals surface area contributed by atoms with E-state index in [0.717, 1.165) is 27.6 Å². The number of hydrogen-bond donors (Lipinski definition) is 2. The van der Waals surface area contributed by atoms with Crippen molar-refractivity contribution >= 4 is 34.3 Å². The summed E-state index contributed by atoms with van der Waals surface area (Å²) in [7, 11) is 0. The quantitative estimate of drug-likeness (QED) is 0.144. The molecular weight excluding hydrogens is 472 g/mol. The molecule has 0 aliphatic carbocycles. The van der Waals surface area contributed by atoms with Gasteiger partial charge in [0.1, 0.15) is 6.61 Å². The normalized spacial score (nSPS) is 10.7. The number of carbonyl (C=O) groups is 1. The topological polar surface area (TPSA) is 84.8 Å². The molecule has 0 spiro atoms. The number of amides is 1. The number of ether oxygens (including phenoxy) is 2. The van der Waals surface area contributed by atoms with E-state index in [1.807, 2.05) is 60.8 Å². The summed E-state index contributed by atoms with van der Waals surface area (Å²) < 4.78 is 11.2. The summed E-state index contributed by atoms with van der Waals surface area (Å²) in [6.07, 6.45) is 3.23. The smallest absolute Gasteiger partial charge is 0.271 e. The van der Waals surface area contributed by atoms with Crippen LogP contribution in [0.25, 0.3) is 11.3 Å². The molecule has 1 heterocycles. The molecule has 4 aromatic rings. The van der Waals surface area contributed by atoms with Gasteiger partial charge in [0, 0.05) is 22.2 Å². The fraction of sp³-hybridized carbons (Fsp3) is 0.107. The number of aromatic nitrogens is 1. The molecule has 7 nitrogen and oxygen atoms in total. The second-order valence-electron chi connectivity index (χ2n) is 7.54. The largest absolute Gasteiger partial charge is 0.490 e. The number of nitrogens with one attached hydrogen (secondary N) is 2. The Hall–Kier alpha value is -4.43. The van der Waals surface area contributed by atoms with Gasteiger partial charge in [-0.25, -0.2) is 10.4 Å². The van der Waals surface area contributed by atoms with Crippen LogP contribution < -0.4 is 20.2 Å². The highest BCUT2D eigenvalue weighted by Gasteiger charge is 2.09. The Morgan fingerprint density at radius 3 is 2.61 bits per heavy atom. The molecular formula is C28H26N4O3S. The number of rotatable bonds is 11. The first-order valence-corrected chi connectivity index (χ1v) is 12.3. The minimum Gasteiger partial charge on any atom is -0.490 e. The number of thiazole rings is 1. The highest BCUT2D eigenvalue weighted by molar-refractivity contribution is 7.14. The van der Waals surface area contributed by atoms with E-state index in [4.69, 9.17) is 9.47 Å². The first-order chi connectivity index (χ1) is 17.7. The molecule has 2 N–H and O–H groups in total. The minimum absolute atomic E-state index is 0.307. The summed E-state index contributed by atoms with van der Waals surface area (Å²) in [5, 5.41) is 10.2. The second kappa shape index (κ2) is 12.3. The molecule has 182 valence electrons. The Labute approximate surface area is 214 Å². The Morgan fingerprint density at radius 1 is 1.06 bits per heavy atom. The first kappa shape index (κ1) is 24.7. The van der Waals surface area contributed by atoms with E-state index in [-0.39, 0.29) is 5.91 Å². The van der Waals surface area contributed by atoms with Crippen LogP contribution in [0.4, 0.5) is 10.8 Å². The van der Waals surface area contributed by atoms with E-state index in [0.29, 0.717) is 30.3 Å². The zero-order valence-electron chi connectivity index (χ0n) is 19.8. The number of carbonyl (C=O) groups excluding carboxylic acids is 1. The summed E-state index contributed by atoms with van der Waals surface area (Å²) in [4.78, 5) is 17.2. The van der Waals surface area contributed by atoms with Gasteiger partial charge in [0.15, 0.2) is 16.6 Å². The molecule has 0 unspecified atom stereocenters. The zero-order chi connectivity index (χ0) is 25.2. The van der Waals surface area contributed by atoms with Crippen LogP contribution in [0.5, 0.6) is 11.5 Å². The van der Waals surface area contributed by atoms with E-state index < -0.39 is 0 Å². The van der Waals surface area contributed by atoms with Gasteiger partial charge in [-0.15, -0.1) is 11.3 Å². The summed E-state index contributed by atoms with van der Waals surface area (Å²) in [5.74, 6) is 0.925. The molecule has 3 aromatic carbocycles. The summed E-state index contributed by atoms with van der Waals surface area (Å²) in [6, 6.07) is 22.6. The third-order valence-electron chi connectivity index (χ3n) is 4.98. The molecule has 0 fully saturated rings. The predicted octanol–water partition coefficient (Wildman–Crippen LogP) is 6.28. The van der Waals surface area contributed by atoms with E-state index >= 15 is 0 Å². The number of anilines is 2. The van der Waals surface area contributed by atoms with Gasteiger partial charge in [0.05, 0.1) is 18.5 Å². The lowest BCUT2D eigenvalue weighted by Gasteiger charge is -2.11. The van der Waals surface area contributed by atoms with Crippen LogP contribution in [0.3, 0.4) is 0 Å². The van der Waals surface area contributed by atoms with E-state index in [2.05, 4.69) is 27.4 Å². The molecule has 4 rings (SSSR count). The van der Waals surface area contributed by atoms with Gasteiger partial charge in [-0.3, -0.25) is 4.79 Å². The van der Waals surface area contributed by atoms with Crippen molar-refractivity contribution in [2.45, 2.75) is 6.92 Å². The third-order valence-corrected chi connectivity index (χ3v) is 5.73. The molecule has 0 saturated carbocycles. The Bertz CT molecular complexity index is 1330. The molecule has 36 heavy (non-hydrogen) atoms. The standard InChI is InChI=1S/C28H26N4O3S/c1-3-16-35-25-15-10-20(17-26(25)34-4-2)18-29-32-27(33)22-13-11-21(12-14-22)24-19-36-28(31-24)30-23-8-6-5-7-9-23/h3,5-15,17-19H,1,4,16H2,2H3,(H,30,31)(H,32,33)/b29-18-. The van der Waals surface area contributed by atoms with Gasteiger partial charge in [0.2, 0.25) is 0 Å². The lowest BCUT2D eigenvalue weighted by Crippen LogP contribution is -2.17. The molecule has 0 aliphatic rings. The van der Waals surface area contributed by atoms with Crippen molar-refractivity contribution in [2.24, 2.45) is 5.10 Å². The SMILES string of the molecule is C=CCOc1ccc(/C=N\NC(=O)c2ccc(-c3csc(Nc4ccccc4)n3)cc2)cc1OCC. The van der Waals surface area contributed by atoms with Crippen LogP contribution in [0.2, 0.25) is 0 Å². The van der Waals surface area contributed by atoms with Gasteiger partial charge in [-0.05, 0) is 55.0 Å². The maximum Gasteiger partial charge on any atom is 0.271 e. The fourth-order valence-electron chi connectivity index (χ4n) is 3.27. The Morgan fingerprint density at radius 2 is 1.86 bits per heavy atom. The van der Waals surface area contributed by atoms with Crippen molar-refractivity contribution in [3.63, 3.8) is 0 Å². The lowest BCUT2D eigenvalue weighted by atomic mass is 10.1. The van der Waals surface area contributed by atoms with Gasteiger partial charge in [-0.2, -0.15) is 5.10 Å². The summed E-state index contributed by atoms with van der Waals surface area (Å²) >= 11 is 1.53. The molecule has 1 aromatic heterocycles. The van der Waals surface area contributed by atoms with Crippen LogP contribution in [0.15, 0.2) is 95.9 Å². The van der Waals surface area contributed by atoms with E-state index in [1.165, 1.54) is 11.3 Å². The minimum atomic E-state index is -0.307. The maximum atomic E-state index is 12.5. The van der Waals surface area contributed by atoms with Crippen molar-refractivity contribution in [1.82, 2.24) is 10.4 Å². The Kier molecular flexibility index (Phi) is 8.45. The van der Waals surface area contributed by atoms with Crippen LogP contribution in [0.1, 0.15) is 22.8 Å². The van der Waals surface area contributed by atoms with E-state index in [1.54, 1.807) is 36.6 Å². The lowest BCUT2D eigenvalue weighted by molar-refractivity contribution is 0.0955. The predicted molar refractivity (Wildman–Crippen MR) is 146 cm³/mol. The number of hydrazone groups is 1. The molecule has 0 radical (unpaired) electrons. The van der Waals surface area contributed by atoms with Crippen molar-refractivity contribution in [3.05, 3.63) is 102 Å². The molecule has 1 amide bonds. The molecule has 0 aliphatic heterocycles. The molecule has 0 atom stereocenters.